The Morgan fingerprint density at radius 3 is 2.11 bits per heavy atom. The van der Waals surface area contributed by atoms with Gasteiger partial charge in [-0.05, 0) is 13.3 Å². The van der Waals surface area contributed by atoms with Crippen molar-refractivity contribution in [3.63, 3.8) is 0 Å². The Morgan fingerprint density at radius 2 is 1.52 bits per heavy atom. The molecule has 0 spiro atoms. The van der Waals surface area contributed by atoms with Crippen molar-refractivity contribution >= 4 is 6.47 Å². The summed E-state index contributed by atoms with van der Waals surface area (Å²) in [6.07, 6.45) is 17.3. The molecule has 1 saturated heterocycles. The summed E-state index contributed by atoms with van der Waals surface area (Å²) in [7, 11) is 0. The first-order chi connectivity index (χ1) is 13.3. The van der Waals surface area contributed by atoms with Crippen LogP contribution in [0.1, 0.15) is 97.3 Å². The highest BCUT2D eigenvalue weighted by atomic mass is 16.7. The van der Waals surface area contributed by atoms with Gasteiger partial charge < -0.3 is 18.9 Å². The van der Waals surface area contributed by atoms with Gasteiger partial charge in [0.2, 0.25) is 0 Å². The first kappa shape index (κ1) is 24.4. The molecule has 0 bridgehead atoms. The minimum Gasteiger partial charge on any atom is -0.462 e. The van der Waals surface area contributed by atoms with Gasteiger partial charge in [0.05, 0.1) is 19.3 Å². The monoisotopic (exact) mass is 386 g/mol. The van der Waals surface area contributed by atoms with Crippen molar-refractivity contribution in [1.82, 2.24) is 0 Å². The normalized spacial score (nSPS) is 20.7. The van der Waals surface area contributed by atoms with E-state index in [1.807, 2.05) is 0 Å². The molecule has 5 heteroatoms. The highest BCUT2D eigenvalue weighted by Gasteiger charge is 2.26. The Kier molecular flexibility index (Phi) is 15.8. The van der Waals surface area contributed by atoms with Gasteiger partial charge in [-0.2, -0.15) is 0 Å². The number of hydrogen-bond acceptors (Lipinski definition) is 5. The van der Waals surface area contributed by atoms with Crippen molar-refractivity contribution in [1.29, 1.82) is 0 Å². The van der Waals surface area contributed by atoms with Gasteiger partial charge in [-0.15, -0.1) is 0 Å². The van der Waals surface area contributed by atoms with Crippen LogP contribution < -0.4 is 0 Å². The van der Waals surface area contributed by atoms with E-state index in [4.69, 9.17) is 14.2 Å². The first-order valence-electron chi connectivity index (χ1n) is 11.2. The summed E-state index contributed by atoms with van der Waals surface area (Å²) in [5.41, 5.74) is 0. The van der Waals surface area contributed by atoms with Crippen molar-refractivity contribution in [2.24, 2.45) is 0 Å². The zero-order valence-electron chi connectivity index (χ0n) is 17.7. The number of rotatable bonds is 19. The number of carbonyl (C=O) groups excluding carboxylic acids is 1. The molecular formula is C22H42O5. The van der Waals surface area contributed by atoms with Crippen molar-refractivity contribution in [3.05, 3.63) is 0 Å². The first-order valence-corrected chi connectivity index (χ1v) is 11.2. The topological polar surface area (TPSA) is 54.0 Å². The molecule has 3 unspecified atom stereocenters. The van der Waals surface area contributed by atoms with Crippen molar-refractivity contribution in [3.8, 4) is 0 Å². The molecule has 3 atom stereocenters. The second kappa shape index (κ2) is 17.4. The molecule has 0 radical (unpaired) electrons. The van der Waals surface area contributed by atoms with E-state index < -0.39 is 6.29 Å². The zero-order valence-corrected chi connectivity index (χ0v) is 17.7. The molecule has 5 nitrogen and oxygen atoms in total. The fourth-order valence-electron chi connectivity index (χ4n) is 3.43. The Labute approximate surface area is 166 Å². The van der Waals surface area contributed by atoms with Gasteiger partial charge in [-0.1, -0.05) is 84.0 Å². The minimum absolute atomic E-state index is 0.0605. The fourth-order valence-corrected chi connectivity index (χ4v) is 3.43. The van der Waals surface area contributed by atoms with Gasteiger partial charge in [0, 0.05) is 0 Å². The summed E-state index contributed by atoms with van der Waals surface area (Å²) in [5, 5.41) is 0. The van der Waals surface area contributed by atoms with Gasteiger partial charge in [0.1, 0.15) is 12.7 Å². The minimum atomic E-state index is -0.449. The standard InChI is InChI=1S/C22H42O5/c1-3-4-5-6-7-8-9-10-11-12-13-14-15-20(2)25-16-21-17-26-22(27-21)18-24-19-23/h19-22H,3-18H2,1-2H3. The lowest BCUT2D eigenvalue weighted by molar-refractivity contribution is -0.145. The molecule has 0 aromatic carbocycles. The third kappa shape index (κ3) is 14.1. The maximum atomic E-state index is 10.2. The molecule has 0 N–H and O–H groups in total. The zero-order chi connectivity index (χ0) is 19.6. The second-order valence-corrected chi connectivity index (χ2v) is 7.77. The quantitative estimate of drug-likeness (QED) is 0.220. The molecule has 0 aliphatic carbocycles. The predicted octanol–water partition coefficient (Wildman–Crippen LogP) is 5.40. The van der Waals surface area contributed by atoms with Crippen molar-refractivity contribution in [2.75, 3.05) is 19.8 Å². The van der Waals surface area contributed by atoms with Crippen LogP contribution in [0.2, 0.25) is 0 Å². The molecule has 1 aliphatic rings. The van der Waals surface area contributed by atoms with Crippen LogP contribution in [-0.4, -0.2) is 44.8 Å². The Hall–Kier alpha value is -0.650. The maximum Gasteiger partial charge on any atom is 0.293 e. The van der Waals surface area contributed by atoms with Crippen LogP contribution in [0.3, 0.4) is 0 Å². The van der Waals surface area contributed by atoms with Gasteiger partial charge in [0.25, 0.3) is 6.47 Å². The SMILES string of the molecule is CCCCCCCCCCCCCCC(C)OCC1COC(COC=O)O1. The fraction of sp³-hybridized carbons (Fsp3) is 0.955. The number of ether oxygens (including phenoxy) is 4. The number of unbranched alkanes of at least 4 members (excludes halogenated alkanes) is 11. The molecule has 1 aliphatic heterocycles. The number of hydrogen-bond donors (Lipinski definition) is 0. The summed E-state index contributed by atoms with van der Waals surface area (Å²) in [5.74, 6) is 0. The Morgan fingerprint density at radius 1 is 0.926 bits per heavy atom. The predicted molar refractivity (Wildman–Crippen MR) is 108 cm³/mol. The summed E-state index contributed by atoms with van der Waals surface area (Å²) in [6.45, 7) is 5.99. The van der Waals surface area contributed by atoms with Crippen LogP contribution in [-0.2, 0) is 23.7 Å². The molecule has 1 rings (SSSR count). The highest BCUT2D eigenvalue weighted by Crippen LogP contribution is 2.16. The van der Waals surface area contributed by atoms with Gasteiger partial charge >= 0.3 is 0 Å². The summed E-state index contributed by atoms with van der Waals surface area (Å²) >= 11 is 0. The Bertz CT molecular complexity index is 337. The van der Waals surface area contributed by atoms with Crippen LogP contribution in [0.4, 0.5) is 0 Å². The second-order valence-electron chi connectivity index (χ2n) is 7.77. The third-order valence-corrected chi connectivity index (χ3v) is 5.14. The molecule has 27 heavy (non-hydrogen) atoms. The lowest BCUT2D eigenvalue weighted by atomic mass is 10.0. The lowest BCUT2D eigenvalue weighted by Crippen LogP contribution is -2.23. The molecule has 1 fully saturated rings. The van der Waals surface area contributed by atoms with Gasteiger partial charge in [-0.25, -0.2) is 0 Å². The third-order valence-electron chi connectivity index (χ3n) is 5.14. The molecule has 0 aromatic rings. The van der Waals surface area contributed by atoms with Crippen molar-refractivity contribution in [2.45, 2.75) is 116 Å². The van der Waals surface area contributed by atoms with E-state index in [0.717, 1.165) is 6.42 Å². The van der Waals surface area contributed by atoms with E-state index in [1.54, 1.807) is 0 Å². The van der Waals surface area contributed by atoms with Crippen LogP contribution in [0.25, 0.3) is 0 Å². The summed E-state index contributed by atoms with van der Waals surface area (Å²) < 4.78 is 21.5. The van der Waals surface area contributed by atoms with Crippen LogP contribution >= 0.6 is 0 Å². The Balaban J connectivity index is 1.82. The van der Waals surface area contributed by atoms with E-state index >= 15 is 0 Å². The van der Waals surface area contributed by atoms with E-state index in [0.29, 0.717) is 19.7 Å². The lowest BCUT2D eigenvalue weighted by Gasteiger charge is -2.16. The molecule has 1 heterocycles. The van der Waals surface area contributed by atoms with E-state index in [2.05, 4.69) is 18.6 Å². The largest absolute Gasteiger partial charge is 0.462 e. The number of carbonyl (C=O) groups is 1. The van der Waals surface area contributed by atoms with Gasteiger partial charge in [0.15, 0.2) is 6.29 Å². The maximum absolute atomic E-state index is 10.2. The smallest absolute Gasteiger partial charge is 0.293 e. The van der Waals surface area contributed by atoms with Crippen LogP contribution in [0.15, 0.2) is 0 Å². The van der Waals surface area contributed by atoms with Crippen LogP contribution in [0, 0.1) is 0 Å². The summed E-state index contributed by atoms with van der Waals surface area (Å²) in [6, 6.07) is 0. The highest BCUT2D eigenvalue weighted by molar-refractivity contribution is 5.36. The summed E-state index contributed by atoms with van der Waals surface area (Å²) in [4.78, 5) is 10.2. The van der Waals surface area contributed by atoms with Crippen molar-refractivity contribution < 1.29 is 23.7 Å². The molecular weight excluding hydrogens is 344 g/mol. The molecule has 0 saturated carbocycles. The molecule has 0 amide bonds. The molecule has 0 aromatic heterocycles. The van der Waals surface area contributed by atoms with Gasteiger partial charge in [-0.3, -0.25) is 4.79 Å². The average molecular weight is 387 g/mol. The van der Waals surface area contributed by atoms with Crippen LogP contribution in [0.5, 0.6) is 0 Å². The average Bonchev–Trinajstić information content (AvgIpc) is 3.13. The van der Waals surface area contributed by atoms with E-state index in [-0.39, 0.29) is 18.8 Å². The molecule has 160 valence electrons. The van der Waals surface area contributed by atoms with E-state index in [1.165, 1.54) is 77.0 Å². The van der Waals surface area contributed by atoms with E-state index in [9.17, 15) is 4.79 Å².